The number of nitrogens with one attached hydrogen (secondary N) is 1. The van der Waals surface area contributed by atoms with Gasteiger partial charge in [0.2, 0.25) is 15.9 Å². The van der Waals surface area contributed by atoms with E-state index in [4.69, 9.17) is 14.2 Å². The molecule has 1 aliphatic heterocycles. The van der Waals surface area contributed by atoms with Crippen LogP contribution in [0.15, 0.2) is 114 Å². The fraction of sp³-hybridized carbons (Fsp3) is 0.257. The van der Waals surface area contributed by atoms with E-state index in [2.05, 4.69) is 5.32 Å². The van der Waals surface area contributed by atoms with Crippen LogP contribution in [0.2, 0.25) is 0 Å². The highest BCUT2D eigenvalue weighted by atomic mass is 32.2. The molecule has 11 heteroatoms. The summed E-state index contributed by atoms with van der Waals surface area (Å²) in [5, 5.41) is 2.99. The number of amides is 2. The molecule has 1 saturated heterocycles. The summed E-state index contributed by atoms with van der Waals surface area (Å²) < 4.78 is 43.7. The van der Waals surface area contributed by atoms with Gasteiger partial charge in [0.1, 0.15) is 17.5 Å². The van der Waals surface area contributed by atoms with Gasteiger partial charge in [-0.15, -0.1) is 0 Å². The van der Waals surface area contributed by atoms with Gasteiger partial charge in [-0.3, -0.25) is 9.59 Å². The first-order valence-electron chi connectivity index (χ1n) is 14.9. The number of carbonyl (C=O) groups excluding carboxylic acids is 2. The van der Waals surface area contributed by atoms with Crippen molar-refractivity contribution in [1.82, 2.24) is 14.5 Å². The number of hydrogen-bond donors (Lipinski definition) is 1. The van der Waals surface area contributed by atoms with Gasteiger partial charge in [-0.05, 0) is 53.1 Å². The summed E-state index contributed by atoms with van der Waals surface area (Å²) in [5.74, 6) is 0.283. The van der Waals surface area contributed by atoms with Crippen LogP contribution in [-0.2, 0) is 37.4 Å². The van der Waals surface area contributed by atoms with E-state index in [0.29, 0.717) is 43.4 Å². The highest BCUT2D eigenvalue weighted by molar-refractivity contribution is 7.89. The molecule has 46 heavy (non-hydrogen) atoms. The third kappa shape index (κ3) is 8.30. The number of carbonyl (C=O) groups is 2. The Kier molecular flexibility index (Phi) is 11.0. The molecule has 1 N–H and O–H groups in total. The first kappa shape index (κ1) is 32.7. The number of nitrogens with zero attached hydrogens (tertiary/aromatic N) is 2. The largest absolute Gasteiger partial charge is 0.497 e. The van der Waals surface area contributed by atoms with Gasteiger partial charge >= 0.3 is 0 Å². The lowest BCUT2D eigenvalue weighted by atomic mass is 10.0. The predicted molar refractivity (Wildman–Crippen MR) is 173 cm³/mol. The SMILES string of the molecule is COc1ccc(CNC(=O)[C@H](c2ccccc2)N(Cc2ccccc2)C(=O)COc2ccc(S(=O)(=O)N3CCOCC3)cc2)cc1. The van der Waals surface area contributed by atoms with Crippen LogP contribution in [-0.4, -0.2) is 69.5 Å². The molecule has 0 unspecified atom stereocenters. The van der Waals surface area contributed by atoms with Crippen LogP contribution in [0.5, 0.6) is 11.5 Å². The second-order valence-corrected chi connectivity index (χ2v) is 12.6. The first-order chi connectivity index (χ1) is 22.3. The van der Waals surface area contributed by atoms with Crippen LogP contribution >= 0.6 is 0 Å². The molecule has 0 aromatic heterocycles. The van der Waals surface area contributed by atoms with E-state index in [1.165, 1.54) is 33.5 Å². The van der Waals surface area contributed by atoms with Crippen molar-refractivity contribution in [2.75, 3.05) is 40.0 Å². The zero-order chi connectivity index (χ0) is 32.4. The molecule has 1 fully saturated rings. The fourth-order valence-electron chi connectivity index (χ4n) is 5.11. The summed E-state index contributed by atoms with van der Waals surface area (Å²) in [6.45, 7) is 1.35. The van der Waals surface area contributed by atoms with Crippen LogP contribution in [0.4, 0.5) is 0 Å². The van der Waals surface area contributed by atoms with Gasteiger partial charge in [-0.2, -0.15) is 4.31 Å². The van der Waals surface area contributed by atoms with Gasteiger partial charge in [0, 0.05) is 26.2 Å². The molecule has 1 atom stereocenters. The average molecular weight is 644 g/mol. The van der Waals surface area contributed by atoms with Gasteiger partial charge in [0.15, 0.2) is 6.61 Å². The zero-order valence-corrected chi connectivity index (χ0v) is 26.4. The van der Waals surface area contributed by atoms with E-state index in [0.717, 1.165) is 11.1 Å². The lowest BCUT2D eigenvalue weighted by molar-refractivity contribution is -0.143. The molecule has 4 aromatic carbocycles. The number of ether oxygens (including phenoxy) is 3. The lowest BCUT2D eigenvalue weighted by Gasteiger charge is -2.31. The predicted octanol–water partition coefficient (Wildman–Crippen LogP) is 4.18. The standard InChI is InChI=1S/C35H37N3O7S/c1-43-30-14-12-27(13-15-30)24-36-35(40)34(29-10-6-3-7-11-29)38(25-28-8-4-2-5-9-28)33(39)26-45-31-16-18-32(19-17-31)46(41,42)37-20-22-44-23-21-37/h2-19,34H,20-26H2,1H3,(H,36,40)/t34-/m0/s1. The number of methoxy groups -OCH3 is 1. The Morgan fingerprint density at radius 1 is 0.826 bits per heavy atom. The lowest BCUT2D eigenvalue weighted by Crippen LogP contribution is -2.45. The van der Waals surface area contributed by atoms with Gasteiger partial charge in [-0.25, -0.2) is 8.42 Å². The molecule has 1 aliphatic rings. The summed E-state index contributed by atoms with van der Waals surface area (Å²) in [4.78, 5) is 29.4. The minimum absolute atomic E-state index is 0.136. The van der Waals surface area contributed by atoms with Crippen molar-refractivity contribution in [3.05, 3.63) is 126 Å². The summed E-state index contributed by atoms with van der Waals surface area (Å²) >= 11 is 0. The Hall–Kier alpha value is -4.71. The normalized spacial score (nSPS) is 14.2. The maximum absolute atomic E-state index is 13.9. The Morgan fingerprint density at radius 2 is 1.43 bits per heavy atom. The van der Waals surface area contributed by atoms with Crippen molar-refractivity contribution in [3.8, 4) is 11.5 Å². The Balaban J connectivity index is 1.35. The van der Waals surface area contributed by atoms with Crippen molar-refractivity contribution in [2.24, 2.45) is 0 Å². The molecule has 5 rings (SSSR count). The Morgan fingerprint density at radius 3 is 2.07 bits per heavy atom. The quantitative estimate of drug-likeness (QED) is 0.233. The van der Waals surface area contributed by atoms with E-state index < -0.39 is 22.0 Å². The van der Waals surface area contributed by atoms with Gasteiger partial charge < -0.3 is 24.4 Å². The molecular formula is C35H37N3O7S. The molecule has 10 nitrogen and oxygen atoms in total. The molecule has 0 radical (unpaired) electrons. The highest BCUT2D eigenvalue weighted by Crippen LogP contribution is 2.26. The average Bonchev–Trinajstić information content (AvgIpc) is 3.11. The molecule has 240 valence electrons. The van der Waals surface area contributed by atoms with E-state index in [1.54, 1.807) is 7.11 Å². The summed E-state index contributed by atoms with van der Waals surface area (Å²) in [6.07, 6.45) is 0. The van der Waals surface area contributed by atoms with Gasteiger partial charge in [0.25, 0.3) is 5.91 Å². The van der Waals surface area contributed by atoms with Crippen molar-refractivity contribution >= 4 is 21.8 Å². The first-order valence-corrected chi connectivity index (χ1v) is 16.4. The number of hydrogen-bond acceptors (Lipinski definition) is 7. The smallest absolute Gasteiger partial charge is 0.261 e. The van der Waals surface area contributed by atoms with E-state index in [1.807, 2.05) is 84.9 Å². The molecule has 1 heterocycles. The minimum Gasteiger partial charge on any atom is -0.497 e. The second kappa shape index (κ2) is 15.5. The monoisotopic (exact) mass is 643 g/mol. The van der Waals surface area contributed by atoms with E-state index in [-0.39, 0.29) is 30.5 Å². The van der Waals surface area contributed by atoms with Crippen molar-refractivity contribution in [3.63, 3.8) is 0 Å². The number of morpholine rings is 1. The number of rotatable bonds is 13. The third-order valence-electron chi connectivity index (χ3n) is 7.61. The molecule has 0 bridgehead atoms. The Labute approximate surface area is 269 Å². The zero-order valence-electron chi connectivity index (χ0n) is 25.6. The van der Waals surface area contributed by atoms with Crippen LogP contribution in [0, 0.1) is 0 Å². The van der Waals surface area contributed by atoms with Gasteiger partial charge in [-0.1, -0.05) is 72.8 Å². The molecule has 0 spiro atoms. The van der Waals surface area contributed by atoms with Crippen LogP contribution in [0.3, 0.4) is 0 Å². The molecule has 2 amide bonds. The number of sulfonamides is 1. The van der Waals surface area contributed by atoms with Gasteiger partial charge in [0.05, 0.1) is 25.2 Å². The molecule has 0 saturated carbocycles. The molecular weight excluding hydrogens is 606 g/mol. The van der Waals surface area contributed by atoms with Crippen LogP contribution < -0.4 is 14.8 Å². The van der Waals surface area contributed by atoms with Crippen LogP contribution in [0.1, 0.15) is 22.7 Å². The highest BCUT2D eigenvalue weighted by Gasteiger charge is 2.32. The van der Waals surface area contributed by atoms with E-state index >= 15 is 0 Å². The van der Waals surface area contributed by atoms with Crippen LogP contribution in [0.25, 0.3) is 0 Å². The maximum atomic E-state index is 13.9. The fourth-order valence-corrected chi connectivity index (χ4v) is 6.52. The van der Waals surface area contributed by atoms with Crippen molar-refractivity contribution < 1.29 is 32.2 Å². The minimum atomic E-state index is -3.67. The second-order valence-electron chi connectivity index (χ2n) is 10.7. The topological polar surface area (TPSA) is 114 Å². The maximum Gasteiger partial charge on any atom is 0.261 e. The molecule has 0 aliphatic carbocycles. The van der Waals surface area contributed by atoms with Crippen molar-refractivity contribution in [2.45, 2.75) is 24.0 Å². The molecule has 4 aromatic rings. The Bertz CT molecular complexity index is 1680. The third-order valence-corrected chi connectivity index (χ3v) is 9.52. The number of benzene rings is 4. The van der Waals surface area contributed by atoms with E-state index in [9.17, 15) is 18.0 Å². The summed E-state index contributed by atoms with van der Waals surface area (Å²) in [5.41, 5.74) is 2.37. The summed E-state index contributed by atoms with van der Waals surface area (Å²) in [7, 11) is -2.07. The van der Waals surface area contributed by atoms with Crippen molar-refractivity contribution in [1.29, 1.82) is 0 Å². The summed E-state index contributed by atoms with van der Waals surface area (Å²) in [6, 6.07) is 31.0.